The first-order chi connectivity index (χ1) is 9.10. The zero-order chi connectivity index (χ0) is 13.8. The number of methoxy groups -OCH3 is 1. The van der Waals surface area contributed by atoms with Gasteiger partial charge in [0.15, 0.2) is 0 Å². The predicted molar refractivity (Wildman–Crippen MR) is 74.8 cm³/mol. The Morgan fingerprint density at radius 3 is 2.89 bits per heavy atom. The number of nitrogen functional groups attached to an aromatic ring is 1. The van der Waals surface area contributed by atoms with E-state index in [-0.39, 0.29) is 5.91 Å². The Labute approximate surface area is 114 Å². The number of amides is 1. The molecule has 0 radical (unpaired) electrons. The Morgan fingerprint density at radius 2 is 2.26 bits per heavy atom. The Bertz CT molecular complexity index is 597. The second-order valence-electron chi connectivity index (χ2n) is 3.90. The zero-order valence-electron chi connectivity index (χ0n) is 10.6. The molecule has 0 spiro atoms. The van der Waals surface area contributed by atoms with Crippen molar-refractivity contribution >= 4 is 28.7 Å². The van der Waals surface area contributed by atoms with E-state index in [2.05, 4.69) is 15.3 Å². The molecule has 0 fully saturated rings. The van der Waals surface area contributed by atoms with Gasteiger partial charge in [-0.3, -0.25) is 4.79 Å². The number of nitrogens with one attached hydrogen (secondary N) is 1. The molecular formula is C12H14N4O2S. The third-order valence-corrected chi connectivity index (χ3v) is 3.31. The summed E-state index contributed by atoms with van der Waals surface area (Å²) in [5.41, 5.74) is 7.23. The van der Waals surface area contributed by atoms with Gasteiger partial charge in [0.1, 0.15) is 10.8 Å². The van der Waals surface area contributed by atoms with E-state index in [1.807, 2.05) is 0 Å². The molecule has 2 heterocycles. The molecule has 0 saturated carbocycles. The second kappa shape index (κ2) is 5.77. The van der Waals surface area contributed by atoms with Gasteiger partial charge in [0, 0.05) is 38.2 Å². The average molecular weight is 278 g/mol. The monoisotopic (exact) mass is 278 g/mol. The van der Waals surface area contributed by atoms with E-state index in [1.54, 1.807) is 25.6 Å². The minimum atomic E-state index is -0.184. The predicted octanol–water partition coefficient (Wildman–Crippen LogP) is 1.89. The summed E-state index contributed by atoms with van der Waals surface area (Å²) >= 11 is 1.50. The number of carbonyl (C=O) groups excluding carboxylic acids is 1. The summed E-state index contributed by atoms with van der Waals surface area (Å²) in [6.07, 6.45) is 3.36. The molecule has 0 bridgehead atoms. The average Bonchev–Trinajstić information content (AvgIpc) is 2.77. The van der Waals surface area contributed by atoms with Gasteiger partial charge in [-0.25, -0.2) is 9.97 Å². The van der Waals surface area contributed by atoms with Crippen molar-refractivity contribution in [1.82, 2.24) is 9.97 Å². The van der Waals surface area contributed by atoms with Crippen LogP contribution in [0, 0.1) is 0 Å². The van der Waals surface area contributed by atoms with Gasteiger partial charge in [0.2, 0.25) is 5.91 Å². The SMILES string of the molecule is COCc1cnc(-c2cnc(NC(C)=O)cc2N)s1. The largest absolute Gasteiger partial charge is 0.398 e. The molecule has 100 valence electrons. The number of nitrogens with zero attached hydrogens (tertiary/aromatic N) is 2. The number of hydrogen-bond acceptors (Lipinski definition) is 6. The number of nitrogens with two attached hydrogens (primary N) is 1. The van der Waals surface area contributed by atoms with E-state index < -0.39 is 0 Å². The van der Waals surface area contributed by atoms with Crippen molar-refractivity contribution in [3.05, 3.63) is 23.3 Å². The van der Waals surface area contributed by atoms with Gasteiger partial charge >= 0.3 is 0 Å². The van der Waals surface area contributed by atoms with Crippen molar-refractivity contribution in [2.45, 2.75) is 13.5 Å². The molecule has 0 atom stereocenters. The van der Waals surface area contributed by atoms with Gasteiger partial charge in [-0.05, 0) is 0 Å². The first-order valence-electron chi connectivity index (χ1n) is 5.57. The van der Waals surface area contributed by atoms with E-state index in [1.165, 1.54) is 18.3 Å². The van der Waals surface area contributed by atoms with Crippen LogP contribution < -0.4 is 11.1 Å². The Balaban J connectivity index is 2.26. The fraction of sp³-hybridized carbons (Fsp3) is 0.250. The van der Waals surface area contributed by atoms with Crippen molar-refractivity contribution in [3.63, 3.8) is 0 Å². The first-order valence-corrected chi connectivity index (χ1v) is 6.39. The molecule has 1 amide bonds. The normalized spacial score (nSPS) is 10.4. The van der Waals surface area contributed by atoms with E-state index in [0.29, 0.717) is 18.1 Å². The lowest BCUT2D eigenvalue weighted by molar-refractivity contribution is -0.114. The van der Waals surface area contributed by atoms with Crippen LogP contribution in [0.2, 0.25) is 0 Å². The zero-order valence-corrected chi connectivity index (χ0v) is 11.5. The molecule has 2 aromatic rings. The van der Waals surface area contributed by atoms with Crippen LogP contribution in [-0.2, 0) is 16.1 Å². The van der Waals surface area contributed by atoms with Crippen LogP contribution in [0.3, 0.4) is 0 Å². The standard InChI is InChI=1S/C12H14N4O2S/c1-7(17)16-11-3-10(13)9(5-14-11)12-15-4-8(19-12)6-18-2/h3-5H,6H2,1-2H3,(H3,13,14,16,17). The third kappa shape index (κ3) is 3.27. The second-order valence-corrected chi connectivity index (χ2v) is 5.02. The van der Waals surface area contributed by atoms with E-state index in [0.717, 1.165) is 15.4 Å². The molecule has 0 aliphatic rings. The first kappa shape index (κ1) is 13.4. The van der Waals surface area contributed by atoms with Crippen LogP contribution in [-0.4, -0.2) is 23.0 Å². The van der Waals surface area contributed by atoms with Crippen LogP contribution in [0.5, 0.6) is 0 Å². The summed E-state index contributed by atoms with van der Waals surface area (Å²) in [5, 5.41) is 3.37. The lowest BCUT2D eigenvalue weighted by atomic mass is 10.2. The molecule has 0 aliphatic heterocycles. The highest BCUT2D eigenvalue weighted by Gasteiger charge is 2.10. The quantitative estimate of drug-likeness (QED) is 0.891. The smallest absolute Gasteiger partial charge is 0.222 e. The Morgan fingerprint density at radius 1 is 1.47 bits per heavy atom. The van der Waals surface area contributed by atoms with E-state index in [4.69, 9.17) is 10.5 Å². The van der Waals surface area contributed by atoms with Gasteiger partial charge in [-0.1, -0.05) is 0 Å². The molecule has 0 aromatic carbocycles. The highest BCUT2D eigenvalue weighted by molar-refractivity contribution is 7.15. The summed E-state index contributed by atoms with van der Waals surface area (Å²) in [5.74, 6) is 0.249. The molecule has 0 unspecified atom stereocenters. The Hall–Kier alpha value is -1.99. The summed E-state index contributed by atoms with van der Waals surface area (Å²) in [4.78, 5) is 20.4. The number of carbonyl (C=O) groups is 1. The van der Waals surface area contributed by atoms with Crippen molar-refractivity contribution in [2.24, 2.45) is 0 Å². The van der Waals surface area contributed by atoms with Crippen LogP contribution in [0.1, 0.15) is 11.8 Å². The topological polar surface area (TPSA) is 90.1 Å². The van der Waals surface area contributed by atoms with Crippen molar-refractivity contribution in [1.29, 1.82) is 0 Å². The van der Waals surface area contributed by atoms with Gasteiger partial charge < -0.3 is 15.8 Å². The molecule has 2 aromatic heterocycles. The highest BCUT2D eigenvalue weighted by Crippen LogP contribution is 2.30. The fourth-order valence-corrected chi connectivity index (χ4v) is 2.46. The van der Waals surface area contributed by atoms with Crippen molar-refractivity contribution in [3.8, 4) is 10.6 Å². The number of thiazole rings is 1. The minimum Gasteiger partial charge on any atom is -0.398 e. The molecular weight excluding hydrogens is 264 g/mol. The molecule has 7 heteroatoms. The highest BCUT2D eigenvalue weighted by atomic mass is 32.1. The van der Waals surface area contributed by atoms with Gasteiger partial charge in [-0.2, -0.15) is 0 Å². The van der Waals surface area contributed by atoms with E-state index >= 15 is 0 Å². The van der Waals surface area contributed by atoms with Gasteiger partial charge in [0.05, 0.1) is 17.0 Å². The van der Waals surface area contributed by atoms with Gasteiger partial charge in [-0.15, -0.1) is 11.3 Å². The molecule has 0 aliphatic carbocycles. The molecule has 6 nitrogen and oxygen atoms in total. The molecule has 3 N–H and O–H groups in total. The lowest BCUT2D eigenvalue weighted by Crippen LogP contribution is -2.08. The number of ether oxygens (including phenoxy) is 1. The van der Waals surface area contributed by atoms with Gasteiger partial charge in [0.25, 0.3) is 0 Å². The number of rotatable bonds is 4. The maximum atomic E-state index is 10.9. The van der Waals surface area contributed by atoms with Crippen LogP contribution in [0.4, 0.5) is 11.5 Å². The van der Waals surface area contributed by atoms with Crippen molar-refractivity contribution < 1.29 is 9.53 Å². The fourth-order valence-electron chi connectivity index (χ4n) is 1.54. The maximum Gasteiger partial charge on any atom is 0.222 e. The van der Waals surface area contributed by atoms with E-state index in [9.17, 15) is 4.79 Å². The Kier molecular flexibility index (Phi) is 4.08. The summed E-state index contributed by atoms with van der Waals surface area (Å²) in [6.45, 7) is 1.94. The molecule has 19 heavy (non-hydrogen) atoms. The van der Waals surface area contributed by atoms with Crippen LogP contribution >= 0.6 is 11.3 Å². The molecule has 0 saturated heterocycles. The maximum absolute atomic E-state index is 10.9. The number of aromatic nitrogens is 2. The summed E-state index contributed by atoms with van der Waals surface area (Å²) in [7, 11) is 1.64. The van der Waals surface area contributed by atoms with Crippen LogP contribution in [0.25, 0.3) is 10.6 Å². The summed E-state index contributed by atoms with van der Waals surface area (Å²) in [6, 6.07) is 1.62. The molecule has 2 rings (SSSR count). The number of hydrogen-bond donors (Lipinski definition) is 2. The summed E-state index contributed by atoms with van der Waals surface area (Å²) < 4.78 is 5.05. The van der Waals surface area contributed by atoms with Crippen LogP contribution in [0.15, 0.2) is 18.5 Å². The minimum absolute atomic E-state index is 0.184. The number of pyridine rings is 1. The third-order valence-electron chi connectivity index (χ3n) is 2.31. The lowest BCUT2D eigenvalue weighted by Gasteiger charge is -2.05. The van der Waals surface area contributed by atoms with Crippen molar-refractivity contribution in [2.75, 3.05) is 18.2 Å². The number of anilines is 2.